The van der Waals surface area contributed by atoms with Crippen molar-refractivity contribution in [3.05, 3.63) is 71.0 Å². The van der Waals surface area contributed by atoms with Crippen LogP contribution in [0.5, 0.6) is 0 Å². The summed E-state index contributed by atoms with van der Waals surface area (Å²) >= 11 is 0. The first-order valence-corrected chi connectivity index (χ1v) is 14.2. The summed E-state index contributed by atoms with van der Waals surface area (Å²) < 4.78 is 57.2. The van der Waals surface area contributed by atoms with E-state index in [1.54, 1.807) is 12.3 Å². The molecule has 4 aromatic rings. The molecule has 0 spiro atoms. The normalized spacial score (nSPS) is 21.6. The summed E-state index contributed by atoms with van der Waals surface area (Å²) in [5.41, 5.74) is 1.42. The standard InChI is InChI=1S/C26H24F2N6O3S/c1-25(2)15-7-10-26(25,22-14(15)13-18(32-33-22)21-16(27)5-4-6-17(21)28)19-8-11-29-23(30-19)24-31-20(37-34-24)9-12-38(3,35)36/h4-6,8,11,13,15H,7,9-10,12H2,1-3H3/t15-,26-/m0/s1. The summed E-state index contributed by atoms with van der Waals surface area (Å²) in [5.74, 6) is -0.800. The second-order valence-corrected chi connectivity index (χ2v) is 12.8. The molecule has 38 heavy (non-hydrogen) atoms. The van der Waals surface area contributed by atoms with Gasteiger partial charge in [-0.25, -0.2) is 27.2 Å². The highest BCUT2D eigenvalue weighted by atomic mass is 32.2. The van der Waals surface area contributed by atoms with E-state index in [0.717, 1.165) is 36.0 Å². The molecular weight excluding hydrogens is 514 g/mol. The Labute approximate surface area is 217 Å². The monoisotopic (exact) mass is 538 g/mol. The van der Waals surface area contributed by atoms with E-state index in [0.29, 0.717) is 0 Å². The average molecular weight is 539 g/mol. The fourth-order valence-corrected chi connectivity index (χ4v) is 6.73. The average Bonchev–Trinajstić information content (AvgIpc) is 3.50. The Kier molecular flexibility index (Phi) is 5.46. The van der Waals surface area contributed by atoms with E-state index in [9.17, 15) is 17.2 Å². The fourth-order valence-electron chi connectivity index (χ4n) is 6.18. The van der Waals surface area contributed by atoms with E-state index < -0.39 is 26.9 Å². The number of nitrogens with zero attached hydrogens (tertiary/aromatic N) is 6. The van der Waals surface area contributed by atoms with E-state index in [-0.39, 0.29) is 52.3 Å². The van der Waals surface area contributed by atoms with Crippen LogP contribution in [0, 0.1) is 17.0 Å². The van der Waals surface area contributed by atoms with Gasteiger partial charge in [0.2, 0.25) is 17.5 Å². The Morgan fingerprint density at radius 1 is 1.08 bits per heavy atom. The maximum atomic E-state index is 14.5. The van der Waals surface area contributed by atoms with E-state index in [4.69, 9.17) is 9.51 Å². The first-order chi connectivity index (χ1) is 18.0. The van der Waals surface area contributed by atoms with Crippen LogP contribution in [-0.2, 0) is 21.7 Å². The van der Waals surface area contributed by atoms with Crippen LogP contribution >= 0.6 is 0 Å². The molecule has 196 valence electrons. The maximum Gasteiger partial charge on any atom is 0.240 e. The number of rotatable bonds is 6. The van der Waals surface area contributed by atoms with Crippen molar-refractivity contribution in [1.82, 2.24) is 30.3 Å². The van der Waals surface area contributed by atoms with Gasteiger partial charge in [0.1, 0.15) is 21.5 Å². The summed E-state index contributed by atoms with van der Waals surface area (Å²) in [7, 11) is -3.18. The molecule has 2 aliphatic carbocycles. The molecule has 6 rings (SSSR count). The number of hydrogen-bond donors (Lipinski definition) is 0. The molecule has 9 nitrogen and oxygen atoms in total. The zero-order chi connectivity index (χ0) is 26.9. The molecule has 0 saturated heterocycles. The lowest BCUT2D eigenvalue weighted by atomic mass is 9.66. The fraction of sp³-hybridized carbons (Fsp3) is 0.385. The molecule has 3 heterocycles. The molecule has 12 heteroatoms. The van der Waals surface area contributed by atoms with Crippen molar-refractivity contribution < 1.29 is 21.7 Å². The molecule has 2 bridgehead atoms. The van der Waals surface area contributed by atoms with E-state index in [2.05, 4.69) is 39.2 Å². The number of aromatic nitrogens is 6. The van der Waals surface area contributed by atoms with Gasteiger partial charge < -0.3 is 4.52 Å². The molecule has 2 atom stereocenters. The minimum Gasteiger partial charge on any atom is -0.339 e. The van der Waals surface area contributed by atoms with Crippen LogP contribution in [0.1, 0.15) is 55.4 Å². The number of sulfone groups is 1. The minimum absolute atomic E-state index is 0.0905. The quantitative estimate of drug-likeness (QED) is 0.357. The van der Waals surface area contributed by atoms with Gasteiger partial charge in [0, 0.05) is 18.9 Å². The highest BCUT2D eigenvalue weighted by Crippen LogP contribution is 2.69. The Hall–Kier alpha value is -3.67. The topological polar surface area (TPSA) is 125 Å². The number of hydrogen-bond acceptors (Lipinski definition) is 9. The molecule has 2 aliphatic rings. The van der Waals surface area contributed by atoms with Gasteiger partial charge in [-0.15, -0.1) is 5.10 Å². The van der Waals surface area contributed by atoms with Crippen molar-refractivity contribution in [3.63, 3.8) is 0 Å². The predicted molar refractivity (Wildman–Crippen MR) is 133 cm³/mol. The number of halogens is 2. The third-order valence-corrected chi connectivity index (χ3v) is 8.99. The molecule has 0 unspecified atom stereocenters. The SMILES string of the molecule is CC1(C)[C@H]2CC[C@]1(c1ccnc(-c3noc(CCS(C)(=O)=O)n3)n1)c1nnc(-c3c(F)cccc3F)cc12. The van der Waals surface area contributed by atoms with E-state index in [1.165, 1.54) is 18.2 Å². The zero-order valence-corrected chi connectivity index (χ0v) is 21.8. The number of fused-ring (bicyclic) bond motifs is 5. The molecule has 0 amide bonds. The van der Waals surface area contributed by atoms with Gasteiger partial charge in [0.15, 0.2) is 0 Å². The van der Waals surface area contributed by atoms with Crippen LogP contribution in [0.3, 0.4) is 0 Å². The van der Waals surface area contributed by atoms with Crippen molar-refractivity contribution in [2.45, 2.75) is 44.4 Å². The minimum atomic E-state index is -3.18. The smallest absolute Gasteiger partial charge is 0.240 e. The Balaban J connectivity index is 1.41. The molecule has 3 aromatic heterocycles. The second kappa shape index (κ2) is 8.42. The van der Waals surface area contributed by atoms with E-state index in [1.807, 2.05) is 6.07 Å². The molecule has 1 fully saturated rings. The lowest BCUT2D eigenvalue weighted by Crippen LogP contribution is -2.38. The van der Waals surface area contributed by atoms with Crippen LogP contribution < -0.4 is 0 Å². The molecular formula is C26H24F2N6O3S. The number of benzene rings is 1. The zero-order valence-electron chi connectivity index (χ0n) is 20.9. The van der Waals surface area contributed by atoms with Gasteiger partial charge in [0.25, 0.3) is 0 Å². The summed E-state index contributed by atoms with van der Waals surface area (Å²) in [6.45, 7) is 4.30. The third kappa shape index (κ3) is 3.64. The van der Waals surface area contributed by atoms with Crippen molar-refractivity contribution in [3.8, 4) is 22.9 Å². The lowest BCUT2D eigenvalue weighted by Gasteiger charge is -2.37. The summed E-state index contributed by atoms with van der Waals surface area (Å²) in [6, 6.07) is 7.32. The maximum absolute atomic E-state index is 14.5. The van der Waals surface area contributed by atoms with Crippen molar-refractivity contribution in [2.24, 2.45) is 5.41 Å². The largest absolute Gasteiger partial charge is 0.339 e. The van der Waals surface area contributed by atoms with Crippen molar-refractivity contribution in [1.29, 1.82) is 0 Å². The highest BCUT2D eigenvalue weighted by Gasteiger charge is 2.65. The summed E-state index contributed by atoms with van der Waals surface area (Å²) in [5, 5.41) is 12.8. The van der Waals surface area contributed by atoms with Crippen molar-refractivity contribution in [2.75, 3.05) is 12.0 Å². The van der Waals surface area contributed by atoms with Crippen LogP contribution in [-0.4, -0.2) is 50.7 Å². The Morgan fingerprint density at radius 3 is 2.58 bits per heavy atom. The molecule has 0 radical (unpaired) electrons. The van der Waals surface area contributed by atoms with Gasteiger partial charge >= 0.3 is 0 Å². The van der Waals surface area contributed by atoms with Gasteiger partial charge in [-0.05, 0) is 54.0 Å². The molecule has 1 aromatic carbocycles. The third-order valence-electron chi connectivity index (χ3n) is 8.05. The predicted octanol–water partition coefficient (Wildman–Crippen LogP) is 4.05. The van der Waals surface area contributed by atoms with Crippen LogP contribution in [0.15, 0.2) is 41.1 Å². The highest BCUT2D eigenvalue weighted by molar-refractivity contribution is 7.90. The number of aryl methyl sites for hydroxylation is 1. The van der Waals surface area contributed by atoms with Crippen LogP contribution in [0.4, 0.5) is 8.78 Å². The first-order valence-electron chi connectivity index (χ1n) is 12.2. The van der Waals surface area contributed by atoms with Gasteiger partial charge in [-0.3, -0.25) is 0 Å². The van der Waals surface area contributed by atoms with Crippen molar-refractivity contribution >= 4 is 9.84 Å². The van der Waals surface area contributed by atoms with E-state index >= 15 is 0 Å². The van der Waals surface area contributed by atoms with Crippen LogP contribution in [0.25, 0.3) is 22.9 Å². The van der Waals surface area contributed by atoms with Gasteiger partial charge in [-0.2, -0.15) is 10.1 Å². The van der Waals surface area contributed by atoms with Crippen LogP contribution in [0.2, 0.25) is 0 Å². The van der Waals surface area contributed by atoms with Gasteiger partial charge in [-0.1, -0.05) is 25.1 Å². The summed E-state index contributed by atoms with van der Waals surface area (Å²) in [6.07, 6.45) is 4.48. The lowest BCUT2D eigenvalue weighted by molar-refractivity contribution is 0.242. The second-order valence-electron chi connectivity index (χ2n) is 10.5. The van der Waals surface area contributed by atoms with Gasteiger partial charge in [0.05, 0.1) is 33.8 Å². The molecule has 0 aliphatic heterocycles. The summed E-state index contributed by atoms with van der Waals surface area (Å²) in [4.78, 5) is 13.4. The Morgan fingerprint density at radius 2 is 1.84 bits per heavy atom. The molecule has 1 saturated carbocycles. The molecule has 0 N–H and O–H groups in total. The first kappa shape index (κ1) is 24.7. The Bertz CT molecular complexity index is 1670.